The van der Waals surface area contributed by atoms with Crippen molar-refractivity contribution in [2.75, 3.05) is 31.4 Å². The lowest BCUT2D eigenvalue weighted by atomic mass is 10.0. The number of methoxy groups -OCH3 is 2. The van der Waals surface area contributed by atoms with E-state index in [4.69, 9.17) is 9.47 Å². The molecule has 9 heteroatoms. The molecule has 0 atom stereocenters. The summed E-state index contributed by atoms with van der Waals surface area (Å²) in [6.07, 6.45) is 12.3. The summed E-state index contributed by atoms with van der Waals surface area (Å²) in [5, 5.41) is 20.6. The molecule has 0 aromatic heterocycles. The zero-order chi connectivity index (χ0) is 34.3. The second-order valence-corrected chi connectivity index (χ2v) is 11.9. The van der Waals surface area contributed by atoms with Crippen molar-refractivity contribution in [3.8, 4) is 17.2 Å². The minimum Gasteiger partial charge on any atom is -0.507 e. The Morgan fingerprint density at radius 3 is 1.94 bits per heavy atom. The molecule has 4 aromatic carbocycles. The molecule has 0 aliphatic carbocycles. The van der Waals surface area contributed by atoms with E-state index >= 15 is 0 Å². The van der Waals surface area contributed by atoms with Gasteiger partial charge in [-0.05, 0) is 59.7 Å². The normalized spacial score (nSPS) is 10.8. The predicted molar refractivity (Wildman–Crippen MR) is 192 cm³/mol. The fourth-order valence-corrected chi connectivity index (χ4v) is 5.61. The third-order valence-electron chi connectivity index (χ3n) is 8.32. The summed E-state index contributed by atoms with van der Waals surface area (Å²) in [5.74, 6) is -0.973. The van der Waals surface area contributed by atoms with E-state index in [9.17, 15) is 19.5 Å². The lowest BCUT2D eigenvalue weighted by molar-refractivity contribution is 0.0951. The zero-order valence-electron chi connectivity index (χ0n) is 28.2. The number of aromatic hydroxyl groups is 1. The Balaban J connectivity index is 1.39. The van der Waals surface area contributed by atoms with Crippen molar-refractivity contribution < 1.29 is 29.0 Å². The molecule has 0 aliphatic heterocycles. The maximum absolute atomic E-state index is 13.4. The molecule has 0 saturated heterocycles. The first-order valence-electron chi connectivity index (χ1n) is 16.8. The van der Waals surface area contributed by atoms with Crippen molar-refractivity contribution in [1.29, 1.82) is 0 Å². The summed E-state index contributed by atoms with van der Waals surface area (Å²) in [4.78, 5) is 39.3. The molecule has 254 valence electrons. The van der Waals surface area contributed by atoms with Crippen molar-refractivity contribution >= 4 is 39.9 Å². The van der Waals surface area contributed by atoms with Gasteiger partial charge in [-0.2, -0.15) is 0 Å². The summed E-state index contributed by atoms with van der Waals surface area (Å²) < 4.78 is 11.0. The Hall–Kier alpha value is -5.05. The molecule has 3 amide bonds. The molecule has 0 spiro atoms. The van der Waals surface area contributed by atoms with Crippen LogP contribution in [0.15, 0.2) is 72.8 Å². The van der Waals surface area contributed by atoms with Gasteiger partial charge in [-0.1, -0.05) is 89.0 Å². The first kappa shape index (κ1) is 35.8. The molecule has 4 rings (SSSR count). The Bertz CT molecular complexity index is 1690. The van der Waals surface area contributed by atoms with Crippen LogP contribution in [-0.4, -0.2) is 43.6 Å². The number of phenolic OH excluding ortho intramolecular Hbond substituents is 1. The first-order chi connectivity index (χ1) is 23.3. The Kier molecular flexibility index (Phi) is 13.7. The fraction of sp³-hybridized carbons (Fsp3) is 0.359. The molecule has 9 nitrogen and oxygen atoms in total. The predicted octanol–water partition coefficient (Wildman–Crippen LogP) is 8.72. The standard InChI is InChI=1S/C39H47N3O6/c1-4-5-6-7-8-9-10-11-12-16-21-40-37(44)28-20-19-27-24-34(43)31(23-29(27)22-28)38(45)42-33-26-35(47-2)32(25-36(33)48-3)39(46)41-30-17-14-13-15-18-30/h13-15,17-20,22-26,43H,4-12,16,21H2,1-3H3,(H,40,44)(H,41,46)(H,42,45). The second-order valence-electron chi connectivity index (χ2n) is 11.9. The second kappa shape index (κ2) is 18.3. The zero-order valence-corrected chi connectivity index (χ0v) is 28.2. The van der Waals surface area contributed by atoms with Crippen LogP contribution in [0, 0.1) is 0 Å². The minimum absolute atomic E-state index is 0.0114. The number of rotatable bonds is 18. The molecule has 0 unspecified atom stereocenters. The Labute approximate surface area is 283 Å². The van der Waals surface area contributed by atoms with Gasteiger partial charge < -0.3 is 30.5 Å². The van der Waals surface area contributed by atoms with E-state index in [1.54, 1.807) is 36.4 Å². The van der Waals surface area contributed by atoms with Crippen molar-refractivity contribution in [3.63, 3.8) is 0 Å². The molecular formula is C39H47N3O6. The van der Waals surface area contributed by atoms with E-state index in [-0.39, 0.29) is 40.0 Å². The highest BCUT2D eigenvalue weighted by molar-refractivity contribution is 6.11. The van der Waals surface area contributed by atoms with E-state index in [1.807, 2.05) is 18.2 Å². The largest absolute Gasteiger partial charge is 0.507 e. The maximum atomic E-state index is 13.4. The van der Waals surface area contributed by atoms with E-state index < -0.39 is 11.8 Å². The van der Waals surface area contributed by atoms with Gasteiger partial charge in [-0.25, -0.2) is 0 Å². The maximum Gasteiger partial charge on any atom is 0.259 e. The molecule has 0 fully saturated rings. The lowest BCUT2D eigenvalue weighted by Crippen LogP contribution is -2.24. The number of benzene rings is 4. The van der Waals surface area contributed by atoms with Crippen LogP contribution in [-0.2, 0) is 0 Å². The summed E-state index contributed by atoms with van der Waals surface area (Å²) >= 11 is 0. The summed E-state index contributed by atoms with van der Waals surface area (Å²) in [5.41, 5.74) is 1.56. The number of unbranched alkanes of at least 4 members (excludes halogenated alkanes) is 9. The van der Waals surface area contributed by atoms with Crippen LogP contribution in [0.3, 0.4) is 0 Å². The highest BCUT2D eigenvalue weighted by Crippen LogP contribution is 2.35. The van der Waals surface area contributed by atoms with Gasteiger partial charge >= 0.3 is 0 Å². The van der Waals surface area contributed by atoms with Gasteiger partial charge in [-0.15, -0.1) is 0 Å². The molecule has 48 heavy (non-hydrogen) atoms. The number of hydrogen-bond donors (Lipinski definition) is 4. The van der Waals surface area contributed by atoms with Crippen LogP contribution in [0.4, 0.5) is 11.4 Å². The number of fused-ring (bicyclic) bond motifs is 1. The van der Waals surface area contributed by atoms with Crippen LogP contribution in [0.5, 0.6) is 17.2 Å². The van der Waals surface area contributed by atoms with Gasteiger partial charge in [0.25, 0.3) is 17.7 Å². The first-order valence-corrected chi connectivity index (χ1v) is 16.8. The van der Waals surface area contributed by atoms with Crippen molar-refractivity contribution in [2.24, 2.45) is 0 Å². The molecule has 0 saturated carbocycles. The number of nitrogens with one attached hydrogen (secondary N) is 3. The topological polar surface area (TPSA) is 126 Å². The van der Waals surface area contributed by atoms with Crippen LogP contribution >= 0.6 is 0 Å². The monoisotopic (exact) mass is 653 g/mol. The summed E-state index contributed by atoms with van der Waals surface area (Å²) in [6, 6.07) is 20.2. The minimum atomic E-state index is -0.605. The smallest absolute Gasteiger partial charge is 0.259 e. The van der Waals surface area contributed by atoms with Crippen LogP contribution < -0.4 is 25.4 Å². The molecule has 0 radical (unpaired) electrons. The molecule has 4 aromatic rings. The van der Waals surface area contributed by atoms with Crippen LogP contribution in [0.25, 0.3) is 10.8 Å². The van der Waals surface area contributed by atoms with Gasteiger partial charge in [0, 0.05) is 23.9 Å². The summed E-state index contributed by atoms with van der Waals surface area (Å²) in [7, 11) is 2.85. The lowest BCUT2D eigenvalue weighted by Gasteiger charge is -2.16. The number of hydrogen-bond acceptors (Lipinski definition) is 6. The van der Waals surface area contributed by atoms with Crippen molar-refractivity contribution in [3.05, 3.63) is 89.5 Å². The molecule has 0 aliphatic rings. The van der Waals surface area contributed by atoms with Gasteiger partial charge in [0.2, 0.25) is 0 Å². The molecular weight excluding hydrogens is 606 g/mol. The number of carbonyl (C=O) groups is 3. The van der Waals surface area contributed by atoms with Gasteiger partial charge in [0.1, 0.15) is 17.2 Å². The number of para-hydroxylation sites is 1. The number of phenols is 1. The number of ether oxygens (including phenoxy) is 2. The number of carbonyl (C=O) groups excluding carboxylic acids is 3. The van der Waals surface area contributed by atoms with Crippen molar-refractivity contribution in [1.82, 2.24) is 5.32 Å². The average molecular weight is 654 g/mol. The average Bonchev–Trinajstić information content (AvgIpc) is 3.10. The third kappa shape index (κ3) is 9.97. The molecule has 0 bridgehead atoms. The molecule has 0 heterocycles. The van der Waals surface area contributed by atoms with Crippen LogP contribution in [0.2, 0.25) is 0 Å². The van der Waals surface area contributed by atoms with Crippen molar-refractivity contribution in [2.45, 2.75) is 71.1 Å². The third-order valence-corrected chi connectivity index (χ3v) is 8.32. The van der Waals surface area contributed by atoms with Gasteiger partial charge in [0.15, 0.2) is 0 Å². The van der Waals surface area contributed by atoms with Gasteiger partial charge in [0.05, 0.1) is 31.0 Å². The van der Waals surface area contributed by atoms with E-state index in [1.165, 1.54) is 83.8 Å². The Morgan fingerprint density at radius 1 is 0.625 bits per heavy atom. The van der Waals surface area contributed by atoms with E-state index in [2.05, 4.69) is 22.9 Å². The quantitative estimate of drug-likeness (QED) is 0.0796. The molecule has 4 N–H and O–H groups in total. The highest BCUT2D eigenvalue weighted by Gasteiger charge is 2.21. The fourth-order valence-electron chi connectivity index (χ4n) is 5.61. The number of anilines is 2. The van der Waals surface area contributed by atoms with Crippen LogP contribution in [0.1, 0.15) is 102 Å². The SMILES string of the molecule is CCCCCCCCCCCCNC(=O)c1ccc2cc(O)c(C(=O)Nc3cc(OC)c(C(=O)Nc4ccccc4)cc3OC)cc2c1. The highest BCUT2D eigenvalue weighted by atomic mass is 16.5. The summed E-state index contributed by atoms with van der Waals surface area (Å²) in [6.45, 7) is 2.84. The van der Waals surface area contributed by atoms with E-state index in [0.717, 1.165) is 12.8 Å². The Morgan fingerprint density at radius 2 is 1.27 bits per heavy atom. The van der Waals surface area contributed by atoms with Gasteiger partial charge in [-0.3, -0.25) is 14.4 Å². The van der Waals surface area contributed by atoms with E-state index in [0.29, 0.717) is 28.6 Å². The number of amides is 3.